The van der Waals surface area contributed by atoms with Crippen LogP contribution in [0.5, 0.6) is 5.75 Å². The summed E-state index contributed by atoms with van der Waals surface area (Å²) in [6.07, 6.45) is 2.29. The van der Waals surface area contributed by atoms with Crippen molar-refractivity contribution in [1.82, 2.24) is 10.2 Å². The summed E-state index contributed by atoms with van der Waals surface area (Å²) in [6, 6.07) is 9.24. The van der Waals surface area contributed by atoms with E-state index in [1.807, 2.05) is 24.3 Å². The third-order valence-corrected chi connectivity index (χ3v) is 2.20. The van der Waals surface area contributed by atoms with E-state index >= 15 is 0 Å². The van der Waals surface area contributed by atoms with Gasteiger partial charge in [0.25, 0.3) is 0 Å². The first-order chi connectivity index (χ1) is 7.83. The quantitative estimate of drug-likeness (QED) is 0.733. The van der Waals surface area contributed by atoms with Gasteiger partial charge in [-0.15, -0.1) is 5.10 Å². The smallest absolute Gasteiger partial charge is 0.170 e. The van der Waals surface area contributed by atoms with Crippen LogP contribution in [0.1, 0.15) is 10.5 Å². The van der Waals surface area contributed by atoms with Crippen molar-refractivity contribution in [1.29, 1.82) is 0 Å². The highest BCUT2D eigenvalue weighted by Crippen LogP contribution is 2.22. The first-order valence-electron chi connectivity index (χ1n) is 4.76. The van der Waals surface area contributed by atoms with Gasteiger partial charge in [-0.2, -0.15) is 5.10 Å². The number of rotatable bonds is 3. The van der Waals surface area contributed by atoms with Crippen molar-refractivity contribution in [2.24, 2.45) is 0 Å². The van der Waals surface area contributed by atoms with Crippen molar-refractivity contribution >= 4 is 6.29 Å². The van der Waals surface area contributed by atoms with Crippen LogP contribution in [0.3, 0.4) is 0 Å². The third-order valence-electron chi connectivity index (χ3n) is 2.20. The number of aldehydes is 1. The maximum Gasteiger partial charge on any atom is 0.170 e. The van der Waals surface area contributed by atoms with E-state index in [9.17, 15) is 4.79 Å². The number of carbonyl (C=O) groups is 1. The van der Waals surface area contributed by atoms with Crippen molar-refractivity contribution in [3.05, 3.63) is 42.2 Å². The number of nitrogens with zero attached hydrogens (tertiary/aromatic N) is 2. The zero-order valence-corrected chi connectivity index (χ0v) is 8.75. The van der Waals surface area contributed by atoms with Gasteiger partial charge in [-0.05, 0) is 23.8 Å². The summed E-state index contributed by atoms with van der Waals surface area (Å²) in [5, 5.41) is 7.44. The Bertz CT molecular complexity index is 512. The molecule has 4 nitrogen and oxygen atoms in total. The normalized spacial score (nSPS) is 9.81. The van der Waals surface area contributed by atoms with Gasteiger partial charge in [-0.3, -0.25) is 4.79 Å². The highest BCUT2D eigenvalue weighted by molar-refractivity contribution is 5.75. The van der Waals surface area contributed by atoms with Crippen LogP contribution in [-0.2, 0) is 0 Å². The summed E-state index contributed by atoms with van der Waals surface area (Å²) in [6.45, 7) is 0. The van der Waals surface area contributed by atoms with Crippen LogP contribution in [0.4, 0.5) is 0 Å². The Hall–Kier alpha value is -2.23. The van der Waals surface area contributed by atoms with Crippen LogP contribution in [0.2, 0.25) is 0 Å². The highest BCUT2D eigenvalue weighted by Gasteiger charge is 2.01. The van der Waals surface area contributed by atoms with E-state index in [0.29, 0.717) is 12.0 Å². The molecule has 0 saturated heterocycles. The van der Waals surface area contributed by atoms with E-state index in [1.165, 1.54) is 0 Å². The number of ether oxygens (including phenoxy) is 1. The molecule has 1 heterocycles. The molecule has 0 unspecified atom stereocenters. The molecule has 0 aliphatic rings. The summed E-state index contributed by atoms with van der Waals surface area (Å²) in [7, 11) is 1.61. The second kappa shape index (κ2) is 4.53. The van der Waals surface area contributed by atoms with Gasteiger partial charge in [0.05, 0.1) is 13.3 Å². The maximum absolute atomic E-state index is 10.6. The summed E-state index contributed by atoms with van der Waals surface area (Å²) in [5.74, 6) is 0.766. The standard InChI is InChI=1S/C12H10N2O2/c1-16-12-4-2-3-9(6-12)10-5-11(8-15)14-13-7-10/h2-8H,1H3. The van der Waals surface area contributed by atoms with Gasteiger partial charge in [0.15, 0.2) is 6.29 Å². The minimum absolute atomic E-state index is 0.320. The molecule has 0 N–H and O–H groups in total. The Morgan fingerprint density at radius 2 is 2.12 bits per heavy atom. The second-order valence-electron chi connectivity index (χ2n) is 3.22. The molecule has 0 bridgehead atoms. The van der Waals surface area contributed by atoms with Gasteiger partial charge in [0, 0.05) is 5.56 Å². The minimum atomic E-state index is 0.320. The summed E-state index contributed by atoms with van der Waals surface area (Å²) in [5.41, 5.74) is 2.11. The van der Waals surface area contributed by atoms with Gasteiger partial charge >= 0.3 is 0 Å². The van der Waals surface area contributed by atoms with E-state index in [2.05, 4.69) is 10.2 Å². The molecule has 0 fully saturated rings. The molecule has 4 heteroatoms. The van der Waals surface area contributed by atoms with E-state index < -0.39 is 0 Å². The van der Waals surface area contributed by atoms with Crippen LogP contribution in [0.15, 0.2) is 36.5 Å². The predicted molar refractivity (Wildman–Crippen MR) is 59.4 cm³/mol. The lowest BCUT2D eigenvalue weighted by molar-refractivity contribution is 0.111. The average Bonchev–Trinajstić information content (AvgIpc) is 2.39. The second-order valence-corrected chi connectivity index (χ2v) is 3.22. The molecule has 0 spiro atoms. The lowest BCUT2D eigenvalue weighted by atomic mass is 10.1. The lowest BCUT2D eigenvalue weighted by Gasteiger charge is -2.04. The number of aromatic nitrogens is 2. The van der Waals surface area contributed by atoms with E-state index in [4.69, 9.17) is 4.74 Å². The predicted octanol–water partition coefficient (Wildman–Crippen LogP) is 1.96. The number of methoxy groups -OCH3 is 1. The summed E-state index contributed by atoms with van der Waals surface area (Å²) in [4.78, 5) is 10.6. The molecule has 1 aromatic heterocycles. The topological polar surface area (TPSA) is 52.1 Å². The van der Waals surface area contributed by atoms with E-state index in [0.717, 1.165) is 16.9 Å². The number of benzene rings is 1. The molecular weight excluding hydrogens is 204 g/mol. The van der Waals surface area contributed by atoms with Gasteiger partial charge in [0.1, 0.15) is 11.4 Å². The zero-order chi connectivity index (χ0) is 11.4. The van der Waals surface area contributed by atoms with Crippen molar-refractivity contribution in [2.75, 3.05) is 7.11 Å². The molecule has 1 aromatic carbocycles. The Morgan fingerprint density at radius 3 is 2.88 bits per heavy atom. The molecule has 0 aliphatic heterocycles. The van der Waals surface area contributed by atoms with Gasteiger partial charge in [-0.1, -0.05) is 12.1 Å². The summed E-state index contributed by atoms with van der Waals surface area (Å²) >= 11 is 0. The summed E-state index contributed by atoms with van der Waals surface area (Å²) < 4.78 is 5.13. The Labute approximate surface area is 92.9 Å². The van der Waals surface area contributed by atoms with Crippen LogP contribution in [0, 0.1) is 0 Å². The SMILES string of the molecule is COc1cccc(-c2cnnc(C=O)c2)c1. The Morgan fingerprint density at radius 1 is 1.25 bits per heavy atom. The fourth-order valence-electron chi connectivity index (χ4n) is 1.40. The molecule has 2 rings (SSSR count). The van der Waals surface area contributed by atoms with Crippen LogP contribution >= 0.6 is 0 Å². The van der Waals surface area contributed by atoms with Crippen LogP contribution < -0.4 is 4.74 Å². The van der Waals surface area contributed by atoms with Gasteiger partial charge < -0.3 is 4.74 Å². The monoisotopic (exact) mass is 214 g/mol. The molecule has 80 valence electrons. The molecule has 0 amide bonds. The fraction of sp³-hybridized carbons (Fsp3) is 0.0833. The van der Waals surface area contributed by atoms with Gasteiger partial charge in [0.2, 0.25) is 0 Å². The molecule has 16 heavy (non-hydrogen) atoms. The molecule has 0 atom stereocenters. The van der Waals surface area contributed by atoms with Crippen molar-refractivity contribution in [2.45, 2.75) is 0 Å². The highest BCUT2D eigenvalue weighted by atomic mass is 16.5. The van der Waals surface area contributed by atoms with Crippen molar-refractivity contribution in [3.63, 3.8) is 0 Å². The molecular formula is C12H10N2O2. The van der Waals surface area contributed by atoms with Crippen molar-refractivity contribution in [3.8, 4) is 16.9 Å². The molecule has 0 radical (unpaired) electrons. The van der Waals surface area contributed by atoms with Crippen molar-refractivity contribution < 1.29 is 9.53 Å². The van der Waals surface area contributed by atoms with Crippen LogP contribution in [-0.4, -0.2) is 23.6 Å². The zero-order valence-electron chi connectivity index (χ0n) is 8.75. The first kappa shape index (κ1) is 10.3. The van der Waals surface area contributed by atoms with E-state index in [1.54, 1.807) is 19.4 Å². The van der Waals surface area contributed by atoms with Crippen LogP contribution in [0.25, 0.3) is 11.1 Å². The lowest BCUT2D eigenvalue weighted by Crippen LogP contribution is -1.91. The Kier molecular flexibility index (Phi) is 2.91. The minimum Gasteiger partial charge on any atom is -0.497 e. The third kappa shape index (κ3) is 2.06. The van der Waals surface area contributed by atoms with Gasteiger partial charge in [-0.25, -0.2) is 0 Å². The molecule has 2 aromatic rings. The average molecular weight is 214 g/mol. The number of carbonyl (C=O) groups excluding carboxylic acids is 1. The number of hydrogen-bond acceptors (Lipinski definition) is 4. The Balaban J connectivity index is 2.45. The largest absolute Gasteiger partial charge is 0.497 e. The molecule has 0 aliphatic carbocycles. The fourth-order valence-corrected chi connectivity index (χ4v) is 1.40. The number of hydrogen-bond donors (Lipinski definition) is 0. The van der Waals surface area contributed by atoms with E-state index in [-0.39, 0.29) is 0 Å². The molecule has 0 saturated carbocycles. The maximum atomic E-state index is 10.6. The first-order valence-corrected chi connectivity index (χ1v) is 4.76.